The third kappa shape index (κ3) is 1.63. The van der Waals surface area contributed by atoms with Gasteiger partial charge in [-0.15, -0.1) is 0 Å². The van der Waals surface area contributed by atoms with Crippen molar-refractivity contribution < 1.29 is 0 Å². The molecule has 1 aromatic heterocycles. The number of hydrogen-bond acceptors (Lipinski definition) is 2. The van der Waals surface area contributed by atoms with Gasteiger partial charge in [0, 0.05) is 13.5 Å². The Morgan fingerprint density at radius 1 is 1.33 bits per heavy atom. The molecule has 1 heterocycles. The normalized spacial score (nSPS) is 11.2. The molecule has 0 aliphatic carbocycles. The van der Waals surface area contributed by atoms with Crippen molar-refractivity contribution in [2.75, 3.05) is 6.54 Å². The fourth-order valence-corrected chi connectivity index (χ4v) is 2.15. The van der Waals surface area contributed by atoms with E-state index in [1.165, 1.54) is 16.6 Å². The van der Waals surface area contributed by atoms with Gasteiger partial charge in [0.2, 0.25) is 0 Å². The zero-order chi connectivity index (χ0) is 11.0. The summed E-state index contributed by atoms with van der Waals surface area (Å²) in [4.78, 5) is 4.61. The van der Waals surface area contributed by atoms with Gasteiger partial charge in [-0.25, -0.2) is 4.98 Å². The summed E-state index contributed by atoms with van der Waals surface area (Å²) in [6, 6.07) is 4.32. The third-order valence-corrected chi connectivity index (χ3v) is 2.76. The lowest BCUT2D eigenvalue weighted by molar-refractivity contribution is 0.793. The molecule has 0 saturated carbocycles. The van der Waals surface area contributed by atoms with Crippen LogP contribution in [-0.4, -0.2) is 16.1 Å². The van der Waals surface area contributed by atoms with Crippen molar-refractivity contribution in [1.29, 1.82) is 0 Å². The van der Waals surface area contributed by atoms with Crippen molar-refractivity contribution in [3.63, 3.8) is 0 Å². The van der Waals surface area contributed by atoms with Crippen LogP contribution in [-0.2, 0) is 13.5 Å². The van der Waals surface area contributed by atoms with E-state index in [2.05, 4.69) is 42.6 Å². The van der Waals surface area contributed by atoms with Gasteiger partial charge in [-0.05, 0) is 37.6 Å². The van der Waals surface area contributed by atoms with Crippen molar-refractivity contribution >= 4 is 11.0 Å². The lowest BCUT2D eigenvalue weighted by Crippen LogP contribution is -2.07. The van der Waals surface area contributed by atoms with Crippen molar-refractivity contribution in [2.24, 2.45) is 12.8 Å². The average Bonchev–Trinajstić information content (AvgIpc) is 2.43. The van der Waals surface area contributed by atoms with Gasteiger partial charge in [0.1, 0.15) is 5.82 Å². The molecule has 0 unspecified atom stereocenters. The molecular weight excluding hydrogens is 186 g/mol. The second kappa shape index (κ2) is 3.66. The second-order valence-electron chi connectivity index (χ2n) is 4.08. The first-order valence-electron chi connectivity index (χ1n) is 5.26. The van der Waals surface area contributed by atoms with Crippen molar-refractivity contribution in [2.45, 2.75) is 20.3 Å². The fourth-order valence-electron chi connectivity index (χ4n) is 2.15. The molecule has 15 heavy (non-hydrogen) atoms. The summed E-state index contributed by atoms with van der Waals surface area (Å²) in [7, 11) is 2.06. The van der Waals surface area contributed by atoms with Crippen LogP contribution >= 0.6 is 0 Å². The molecule has 2 rings (SSSR count). The molecule has 0 amide bonds. The highest BCUT2D eigenvalue weighted by Crippen LogP contribution is 2.20. The molecule has 2 N–H and O–H groups in total. The lowest BCUT2D eigenvalue weighted by Gasteiger charge is -2.03. The van der Waals surface area contributed by atoms with E-state index in [9.17, 15) is 0 Å². The first kappa shape index (κ1) is 10.2. The Labute approximate surface area is 89.9 Å². The van der Waals surface area contributed by atoms with Crippen molar-refractivity contribution in [1.82, 2.24) is 9.55 Å². The Bertz CT molecular complexity index is 497. The van der Waals surface area contributed by atoms with Gasteiger partial charge in [0.15, 0.2) is 0 Å². The minimum atomic E-state index is 0.648. The Balaban J connectivity index is 2.70. The molecule has 0 fully saturated rings. The lowest BCUT2D eigenvalue weighted by atomic mass is 10.1. The number of aromatic nitrogens is 2. The highest BCUT2D eigenvalue weighted by Gasteiger charge is 2.09. The third-order valence-electron chi connectivity index (χ3n) is 2.76. The minimum Gasteiger partial charge on any atom is -0.331 e. The number of fused-ring (bicyclic) bond motifs is 1. The van der Waals surface area contributed by atoms with Gasteiger partial charge >= 0.3 is 0 Å². The molecule has 2 aromatic rings. The van der Waals surface area contributed by atoms with E-state index < -0.39 is 0 Å². The summed E-state index contributed by atoms with van der Waals surface area (Å²) in [6.45, 7) is 4.88. The molecule has 0 aliphatic rings. The zero-order valence-electron chi connectivity index (χ0n) is 9.54. The standard InChI is InChI=1S/C12H17N3/c1-8-6-9(2)12-10(7-8)14-11(4-5-13)15(12)3/h6-7H,4-5,13H2,1-3H3. The maximum Gasteiger partial charge on any atom is 0.110 e. The van der Waals surface area contributed by atoms with Gasteiger partial charge in [0.05, 0.1) is 11.0 Å². The van der Waals surface area contributed by atoms with E-state index in [1.807, 2.05) is 0 Å². The maximum atomic E-state index is 5.57. The Kier molecular flexibility index (Phi) is 2.49. The molecule has 3 nitrogen and oxygen atoms in total. The first-order chi connectivity index (χ1) is 7.13. The van der Waals surface area contributed by atoms with Crippen LogP contribution in [0.1, 0.15) is 17.0 Å². The molecule has 0 spiro atoms. The zero-order valence-corrected chi connectivity index (χ0v) is 9.54. The van der Waals surface area contributed by atoms with Crippen LogP contribution in [0.4, 0.5) is 0 Å². The minimum absolute atomic E-state index is 0.648. The number of nitrogens with two attached hydrogens (primary N) is 1. The Morgan fingerprint density at radius 3 is 2.73 bits per heavy atom. The number of hydrogen-bond donors (Lipinski definition) is 1. The smallest absolute Gasteiger partial charge is 0.110 e. The quantitative estimate of drug-likeness (QED) is 0.807. The fraction of sp³-hybridized carbons (Fsp3) is 0.417. The number of benzene rings is 1. The highest BCUT2D eigenvalue weighted by atomic mass is 15.1. The molecule has 0 radical (unpaired) electrons. The van der Waals surface area contributed by atoms with Gasteiger partial charge in [-0.2, -0.15) is 0 Å². The summed E-state index contributed by atoms with van der Waals surface area (Å²) in [5, 5.41) is 0. The molecule has 80 valence electrons. The van der Waals surface area contributed by atoms with Gasteiger partial charge in [-0.3, -0.25) is 0 Å². The van der Waals surface area contributed by atoms with Crippen molar-refractivity contribution in [3.8, 4) is 0 Å². The van der Waals surface area contributed by atoms with E-state index in [1.54, 1.807) is 0 Å². The molecule has 0 atom stereocenters. The van der Waals surface area contributed by atoms with Gasteiger partial charge < -0.3 is 10.3 Å². The van der Waals surface area contributed by atoms with Crippen LogP contribution in [0.3, 0.4) is 0 Å². The van der Waals surface area contributed by atoms with E-state index in [4.69, 9.17) is 5.73 Å². The van der Waals surface area contributed by atoms with E-state index >= 15 is 0 Å². The summed E-state index contributed by atoms with van der Waals surface area (Å²) in [5.74, 6) is 1.07. The predicted molar refractivity (Wildman–Crippen MR) is 62.9 cm³/mol. The molecular formula is C12H17N3. The average molecular weight is 203 g/mol. The summed E-state index contributed by atoms with van der Waals surface area (Å²) >= 11 is 0. The van der Waals surface area contributed by atoms with Crippen LogP contribution in [0.2, 0.25) is 0 Å². The SMILES string of the molecule is Cc1cc(C)c2c(c1)nc(CCN)n2C. The predicted octanol–water partition coefficient (Wildman–Crippen LogP) is 1.69. The maximum absolute atomic E-state index is 5.57. The molecule has 3 heteroatoms. The molecule has 0 saturated heterocycles. The van der Waals surface area contributed by atoms with Crippen LogP contribution < -0.4 is 5.73 Å². The largest absolute Gasteiger partial charge is 0.331 e. The molecule has 1 aromatic carbocycles. The summed E-state index contributed by atoms with van der Waals surface area (Å²) in [6.07, 6.45) is 0.837. The Morgan fingerprint density at radius 2 is 2.07 bits per heavy atom. The number of imidazole rings is 1. The van der Waals surface area contributed by atoms with E-state index in [-0.39, 0.29) is 0 Å². The highest BCUT2D eigenvalue weighted by molar-refractivity contribution is 5.80. The monoisotopic (exact) mass is 203 g/mol. The van der Waals surface area contributed by atoms with Gasteiger partial charge in [0.25, 0.3) is 0 Å². The topological polar surface area (TPSA) is 43.8 Å². The Hall–Kier alpha value is -1.35. The van der Waals surface area contributed by atoms with Crippen LogP contribution in [0.15, 0.2) is 12.1 Å². The van der Waals surface area contributed by atoms with Crippen LogP contribution in [0.25, 0.3) is 11.0 Å². The summed E-state index contributed by atoms with van der Waals surface area (Å²) in [5.41, 5.74) is 10.4. The van der Waals surface area contributed by atoms with Gasteiger partial charge in [-0.1, -0.05) is 6.07 Å². The number of nitrogens with zero attached hydrogens (tertiary/aromatic N) is 2. The number of rotatable bonds is 2. The molecule has 0 bridgehead atoms. The van der Waals surface area contributed by atoms with Crippen LogP contribution in [0, 0.1) is 13.8 Å². The number of aryl methyl sites for hydroxylation is 3. The first-order valence-corrected chi connectivity index (χ1v) is 5.26. The molecule has 0 aliphatic heterocycles. The van der Waals surface area contributed by atoms with Crippen molar-refractivity contribution in [3.05, 3.63) is 29.1 Å². The summed E-state index contributed by atoms with van der Waals surface area (Å²) < 4.78 is 2.15. The van der Waals surface area contributed by atoms with E-state index in [0.717, 1.165) is 17.8 Å². The van der Waals surface area contributed by atoms with Crippen LogP contribution in [0.5, 0.6) is 0 Å². The van der Waals surface area contributed by atoms with E-state index in [0.29, 0.717) is 6.54 Å². The second-order valence-corrected chi connectivity index (χ2v) is 4.08.